The van der Waals surface area contributed by atoms with E-state index in [1.807, 2.05) is 0 Å². The summed E-state index contributed by atoms with van der Waals surface area (Å²) in [7, 11) is 0. The van der Waals surface area contributed by atoms with Crippen LogP contribution in [0.5, 0.6) is 0 Å². The second-order valence-corrected chi connectivity index (χ2v) is 49.1. The molecule has 0 aliphatic heterocycles. The van der Waals surface area contributed by atoms with E-state index in [1.54, 1.807) is 22.3 Å². The molecule has 10 rings (SSSR count). The number of benzene rings is 8. The molecule has 0 spiro atoms. The van der Waals surface area contributed by atoms with E-state index in [1.165, 1.54) is 66.8 Å². The van der Waals surface area contributed by atoms with E-state index in [2.05, 4.69) is 235 Å². The zero-order valence-electron chi connectivity index (χ0n) is 36.0. The molecule has 2 aliphatic rings. The first-order valence-electron chi connectivity index (χ1n) is 22.4. The van der Waals surface area contributed by atoms with Gasteiger partial charge in [-0.2, -0.15) is 0 Å². The maximum atomic E-state index is 2.85. The summed E-state index contributed by atoms with van der Waals surface area (Å²) in [5.74, 6) is 0. The number of hydrogen-bond acceptors (Lipinski definition) is 0. The first-order valence-corrected chi connectivity index (χ1v) is 36.1. The van der Waals surface area contributed by atoms with Gasteiger partial charge in [0.2, 0.25) is 0 Å². The van der Waals surface area contributed by atoms with Crippen molar-refractivity contribution in [2.75, 3.05) is 0 Å². The van der Waals surface area contributed by atoms with Crippen LogP contribution in [0.15, 0.2) is 217 Å². The SMILES string of the molecule is [CH3][Zr]([CH3])(=[SiH2])([CH]1C(CCc2ccccc2)=Cc2c(-c3ccccc3)ccc(-c3ccccc3)c21)[CH]1C(CCc2ccccc2)=Cc2c(-c3ccccc3)ccc(-c3ccccc3)c21. The molecule has 0 nitrogen and oxygen atoms in total. The van der Waals surface area contributed by atoms with E-state index in [-0.39, 0.29) is 0 Å². The van der Waals surface area contributed by atoms with Crippen molar-refractivity contribution in [1.82, 2.24) is 0 Å². The molecule has 2 atom stereocenters. The third kappa shape index (κ3) is 7.63. The van der Waals surface area contributed by atoms with Gasteiger partial charge < -0.3 is 0 Å². The van der Waals surface area contributed by atoms with E-state index in [0.717, 1.165) is 25.7 Å². The average molecular weight is 894 g/mol. The van der Waals surface area contributed by atoms with Crippen LogP contribution >= 0.6 is 0 Å². The van der Waals surface area contributed by atoms with E-state index >= 15 is 0 Å². The van der Waals surface area contributed by atoms with Crippen LogP contribution in [0.2, 0.25) is 9.26 Å². The van der Waals surface area contributed by atoms with Gasteiger partial charge in [0.15, 0.2) is 0 Å². The summed E-state index contributed by atoms with van der Waals surface area (Å²) in [6.07, 6.45) is 9.47. The predicted octanol–water partition coefficient (Wildman–Crippen LogP) is 15.5. The molecule has 0 bridgehead atoms. The van der Waals surface area contributed by atoms with Crippen LogP contribution in [-0.2, 0) is 30.2 Å². The van der Waals surface area contributed by atoms with Crippen molar-refractivity contribution in [2.45, 2.75) is 42.2 Å². The molecule has 8 aromatic rings. The molecular weight excluding hydrogens is 840 g/mol. The minimum atomic E-state index is -4.31. The summed E-state index contributed by atoms with van der Waals surface area (Å²) in [5.41, 5.74) is 22.7. The molecule has 0 radical (unpaired) electrons. The van der Waals surface area contributed by atoms with Gasteiger partial charge in [-0.15, -0.1) is 0 Å². The van der Waals surface area contributed by atoms with E-state index < -0.39 is 17.4 Å². The van der Waals surface area contributed by atoms with Crippen LogP contribution in [0.4, 0.5) is 0 Å². The number of rotatable bonds is 12. The number of fused-ring (bicyclic) bond motifs is 2. The van der Waals surface area contributed by atoms with Crippen molar-refractivity contribution in [2.24, 2.45) is 0 Å². The summed E-state index contributed by atoms with van der Waals surface area (Å²) in [5, 5.41) is 0. The number of allylic oxidation sites excluding steroid dienone is 2. The maximum absolute atomic E-state index is 4.31. The summed E-state index contributed by atoms with van der Waals surface area (Å²) in [6.45, 7) is 2.50. The molecule has 0 N–H and O–H groups in total. The van der Waals surface area contributed by atoms with Crippen molar-refractivity contribution in [1.29, 1.82) is 0 Å². The van der Waals surface area contributed by atoms with Gasteiger partial charge in [-0.25, -0.2) is 0 Å². The van der Waals surface area contributed by atoms with Gasteiger partial charge in [-0.1, -0.05) is 0 Å². The Labute approximate surface area is 371 Å². The van der Waals surface area contributed by atoms with Gasteiger partial charge in [0, 0.05) is 0 Å². The van der Waals surface area contributed by atoms with Crippen molar-refractivity contribution in [3.63, 3.8) is 0 Å². The molecule has 2 aliphatic carbocycles. The monoisotopic (exact) mass is 892 g/mol. The van der Waals surface area contributed by atoms with Crippen LogP contribution < -0.4 is 0 Å². The Kier molecular flexibility index (Phi) is 11.0. The molecule has 62 heavy (non-hydrogen) atoms. The fraction of sp³-hybridized carbons (Fsp3) is 0.133. The first-order chi connectivity index (χ1) is 30.3. The molecule has 0 saturated heterocycles. The van der Waals surface area contributed by atoms with E-state index in [0.29, 0.717) is 7.25 Å². The average Bonchev–Trinajstić information content (AvgIpc) is 3.93. The van der Waals surface area contributed by atoms with Gasteiger partial charge in [0.25, 0.3) is 0 Å². The van der Waals surface area contributed by atoms with Crippen molar-refractivity contribution < 1.29 is 17.4 Å². The fourth-order valence-corrected chi connectivity index (χ4v) is 30.9. The molecular formula is C60H54SiZr. The Hall–Kier alpha value is -5.66. The second kappa shape index (κ2) is 16.9. The Bertz CT molecular complexity index is 2800. The molecule has 2 heteroatoms. The molecule has 0 amide bonds. The second-order valence-electron chi connectivity index (χ2n) is 18.7. The van der Waals surface area contributed by atoms with Gasteiger partial charge in [-0.3, -0.25) is 0 Å². The third-order valence-corrected chi connectivity index (χ3v) is 31.3. The normalized spacial score (nSPS) is 15.7. The zero-order valence-corrected chi connectivity index (χ0v) is 39.8. The molecule has 0 fully saturated rings. The summed E-state index contributed by atoms with van der Waals surface area (Å²) >= 11 is -4.31. The van der Waals surface area contributed by atoms with Crippen LogP contribution in [0.1, 0.15) is 53.5 Å². The Morgan fingerprint density at radius 2 is 0.613 bits per heavy atom. The predicted molar refractivity (Wildman–Crippen MR) is 266 cm³/mol. The first kappa shape index (κ1) is 40.4. The van der Waals surface area contributed by atoms with Gasteiger partial charge >= 0.3 is 374 Å². The number of aryl methyl sites for hydroxylation is 2. The molecule has 0 saturated carbocycles. The van der Waals surface area contributed by atoms with Gasteiger partial charge in [0.05, 0.1) is 0 Å². The Morgan fingerprint density at radius 1 is 0.339 bits per heavy atom. The molecule has 0 aromatic heterocycles. The fourth-order valence-electron chi connectivity index (χ4n) is 11.2. The van der Waals surface area contributed by atoms with Crippen molar-refractivity contribution in [3.05, 3.63) is 251 Å². The van der Waals surface area contributed by atoms with Crippen molar-refractivity contribution in [3.8, 4) is 44.5 Å². The molecule has 0 heterocycles. The minimum absolute atomic E-state index is 0.326. The Balaban J connectivity index is 1.25. The zero-order chi connectivity index (χ0) is 42.1. The standard InChI is InChI=1S/2C29H23.2CH3.H2Si.Zr/c2*1-4-10-22(11-5-1)16-17-23-20-28-26(24-12-6-2-7-13-24)18-19-27(29(28)21-23)25-14-8-3-9-15-25;;;;/h2*1-15,18-21H,16-17H2;2*1H3;1H2;. The van der Waals surface area contributed by atoms with E-state index in [4.69, 9.17) is 0 Å². The summed E-state index contributed by atoms with van der Waals surface area (Å²) < 4.78 is 6.35. The summed E-state index contributed by atoms with van der Waals surface area (Å²) in [6, 6.07) is 76.9. The number of hydrogen-bond donors (Lipinski definition) is 0. The quantitative estimate of drug-likeness (QED) is 0.107. The van der Waals surface area contributed by atoms with Crippen LogP contribution in [0, 0.1) is 0 Å². The third-order valence-electron chi connectivity index (χ3n) is 13.9. The molecule has 8 aromatic carbocycles. The topological polar surface area (TPSA) is 0 Å². The van der Waals surface area contributed by atoms with E-state index in [9.17, 15) is 0 Å². The molecule has 2 unspecified atom stereocenters. The van der Waals surface area contributed by atoms with Gasteiger partial charge in [-0.05, 0) is 0 Å². The molecule has 302 valence electrons. The van der Waals surface area contributed by atoms with Crippen LogP contribution in [0.25, 0.3) is 56.7 Å². The van der Waals surface area contributed by atoms with Gasteiger partial charge in [0.1, 0.15) is 0 Å². The Morgan fingerprint density at radius 3 is 0.935 bits per heavy atom. The van der Waals surface area contributed by atoms with Crippen molar-refractivity contribution >= 4 is 19.0 Å². The summed E-state index contributed by atoms with van der Waals surface area (Å²) in [4.78, 5) is 0. The van der Waals surface area contributed by atoms with Crippen LogP contribution in [-0.4, -0.2) is 6.88 Å². The van der Waals surface area contributed by atoms with Crippen LogP contribution in [0.3, 0.4) is 0 Å².